The number of carbonyl (C=O) groups is 1. The molecule has 0 radical (unpaired) electrons. The molecule has 196 valence electrons. The number of sulfonamides is 1. The van der Waals surface area contributed by atoms with Crippen LogP contribution in [0.25, 0.3) is 17.1 Å². The van der Waals surface area contributed by atoms with Crippen LogP contribution in [-0.2, 0) is 14.8 Å². The molecule has 0 unspecified atom stereocenters. The number of ether oxygens (including phenoxy) is 1. The van der Waals surface area contributed by atoms with Gasteiger partial charge in [0.05, 0.1) is 17.8 Å². The van der Waals surface area contributed by atoms with Gasteiger partial charge in [-0.1, -0.05) is 48.2 Å². The number of benzene rings is 3. The van der Waals surface area contributed by atoms with E-state index in [4.69, 9.17) is 4.74 Å². The first kappa shape index (κ1) is 26.0. The minimum Gasteiger partial charge on any atom is -0.497 e. The molecule has 1 N–H and O–H groups in total. The Morgan fingerprint density at radius 1 is 0.974 bits per heavy atom. The van der Waals surface area contributed by atoms with Gasteiger partial charge in [0, 0.05) is 36.1 Å². The van der Waals surface area contributed by atoms with E-state index < -0.39 is 10.0 Å². The highest BCUT2D eigenvalue weighted by atomic mass is 32.2. The molecule has 1 aromatic heterocycles. The predicted molar refractivity (Wildman–Crippen MR) is 147 cm³/mol. The maximum atomic E-state index is 13.2. The summed E-state index contributed by atoms with van der Waals surface area (Å²) in [5.41, 5.74) is 2.06. The minimum absolute atomic E-state index is 0.103. The molecule has 1 amide bonds. The summed E-state index contributed by atoms with van der Waals surface area (Å²) in [6.45, 7) is 1.07. The number of amides is 1. The Balaban J connectivity index is 1.43. The third-order valence-corrected chi connectivity index (χ3v) is 8.95. The summed E-state index contributed by atoms with van der Waals surface area (Å²) in [6, 6.07) is 23.5. The summed E-state index contributed by atoms with van der Waals surface area (Å²) in [4.78, 5) is 12.9. The number of para-hydroxylation sites is 1. The summed E-state index contributed by atoms with van der Waals surface area (Å²) in [5.74, 6) is 1.04. The lowest BCUT2D eigenvalue weighted by molar-refractivity contribution is -0.113. The molecule has 0 saturated carbocycles. The average molecular weight is 550 g/mol. The summed E-state index contributed by atoms with van der Waals surface area (Å²) in [7, 11) is -2.02. The maximum absolute atomic E-state index is 13.2. The van der Waals surface area contributed by atoms with Crippen LogP contribution in [0.3, 0.4) is 0 Å². The molecular weight excluding hydrogens is 522 g/mol. The lowest BCUT2D eigenvalue weighted by Gasteiger charge is -2.16. The molecule has 9 nitrogen and oxygen atoms in total. The lowest BCUT2D eigenvalue weighted by Crippen LogP contribution is -2.27. The number of thioether (sulfide) groups is 1. The van der Waals surface area contributed by atoms with Crippen LogP contribution in [0, 0.1) is 0 Å². The van der Waals surface area contributed by atoms with Crippen molar-refractivity contribution in [3.05, 3.63) is 78.9 Å². The van der Waals surface area contributed by atoms with E-state index in [0.29, 0.717) is 41.1 Å². The van der Waals surface area contributed by atoms with Crippen molar-refractivity contribution in [3.63, 3.8) is 0 Å². The fraction of sp³-hybridized carbons (Fsp3) is 0.222. The van der Waals surface area contributed by atoms with Gasteiger partial charge in [0.2, 0.25) is 15.9 Å². The highest BCUT2D eigenvalue weighted by Crippen LogP contribution is 2.30. The normalized spacial score (nSPS) is 13.9. The molecule has 0 aliphatic carbocycles. The fourth-order valence-electron chi connectivity index (χ4n) is 4.26. The van der Waals surface area contributed by atoms with Crippen LogP contribution in [-0.4, -0.2) is 59.3 Å². The Morgan fingerprint density at radius 3 is 2.50 bits per heavy atom. The van der Waals surface area contributed by atoms with Gasteiger partial charge in [0.25, 0.3) is 0 Å². The molecule has 4 aromatic rings. The molecule has 2 heterocycles. The SMILES string of the molecule is COc1cccc(NC(=O)CSc2nnc(-c3cccc(S(=O)(=O)N4CCCC4)c3)n2-c2ccccc2)c1. The van der Waals surface area contributed by atoms with Crippen molar-refractivity contribution in [2.75, 3.05) is 31.3 Å². The lowest BCUT2D eigenvalue weighted by atomic mass is 10.2. The minimum atomic E-state index is -3.59. The number of methoxy groups -OCH3 is 1. The van der Waals surface area contributed by atoms with Crippen molar-refractivity contribution in [3.8, 4) is 22.8 Å². The Labute approximate surface area is 225 Å². The zero-order valence-corrected chi connectivity index (χ0v) is 22.4. The molecule has 1 aliphatic rings. The van der Waals surface area contributed by atoms with Crippen molar-refractivity contribution in [1.82, 2.24) is 19.1 Å². The number of hydrogen-bond acceptors (Lipinski definition) is 7. The Hall–Kier alpha value is -3.67. The molecule has 1 saturated heterocycles. The average Bonchev–Trinajstić information content (AvgIpc) is 3.64. The number of nitrogens with one attached hydrogen (secondary N) is 1. The topological polar surface area (TPSA) is 106 Å². The number of anilines is 1. The van der Waals surface area contributed by atoms with Crippen molar-refractivity contribution in [1.29, 1.82) is 0 Å². The van der Waals surface area contributed by atoms with Crippen molar-refractivity contribution in [2.45, 2.75) is 22.9 Å². The molecule has 11 heteroatoms. The highest BCUT2D eigenvalue weighted by Gasteiger charge is 2.28. The second kappa shape index (κ2) is 11.4. The third-order valence-electron chi connectivity index (χ3n) is 6.13. The van der Waals surface area contributed by atoms with Crippen molar-refractivity contribution in [2.24, 2.45) is 0 Å². The van der Waals surface area contributed by atoms with Crippen LogP contribution in [0.4, 0.5) is 5.69 Å². The monoisotopic (exact) mass is 549 g/mol. The second-order valence-corrected chi connectivity index (χ2v) is 11.6. The Kier molecular flexibility index (Phi) is 7.77. The summed E-state index contributed by atoms with van der Waals surface area (Å²) in [6.07, 6.45) is 1.74. The van der Waals surface area contributed by atoms with Gasteiger partial charge >= 0.3 is 0 Å². The molecule has 0 spiro atoms. The first-order chi connectivity index (χ1) is 18.5. The highest BCUT2D eigenvalue weighted by molar-refractivity contribution is 7.99. The third kappa shape index (κ3) is 5.59. The molecular formula is C27H27N5O4S2. The van der Waals surface area contributed by atoms with Crippen LogP contribution in [0.1, 0.15) is 12.8 Å². The zero-order valence-electron chi connectivity index (χ0n) is 20.8. The Bertz CT molecular complexity index is 1530. The molecule has 1 fully saturated rings. The Morgan fingerprint density at radius 2 is 1.74 bits per heavy atom. The molecule has 0 bridgehead atoms. The van der Waals surface area contributed by atoms with Gasteiger partial charge < -0.3 is 10.1 Å². The van der Waals surface area contributed by atoms with E-state index in [1.165, 1.54) is 16.1 Å². The number of nitrogens with zero attached hydrogens (tertiary/aromatic N) is 4. The number of rotatable bonds is 9. The standard InChI is InChI=1S/C27H27N5O4S2/c1-36-23-13-8-10-21(18-23)28-25(33)19-37-27-30-29-26(32(27)22-11-3-2-4-12-22)20-9-7-14-24(17-20)38(34,35)31-15-5-6-16-31/h2-4,7-14,17-18H,5-6,15-16,19H2,1H3,(H,28,33). The van der Waals surface area contributed by atoms with Gasteiger partial charge in [0.1, 0.15) is 5.75 Å². The van der Waals surface area contributed by atoms with Crippen LogP contribution >= 0.6 is 11.8 Å². The molecule has 3 aromatic carbocycles. The largest absolute Gasteiger partial charge is 0.497 e. The summed E-state index contributed by atoms with van der Waals surface area (Å²) < 4.78 is 34.9. The first-order valence-corrected chi connectivity index (χ1v) is 14.6. The van der Waals surface area contributed by atoms with Crippen LogP contribution in [0.5, 0.6) is 5.75 Å². The van der Waals surface area contributed by atoms with Gasteiger partial charge in [-0.3, -0.25) is 9.36 Å². The van der Waals surface area contributed by atoms with Crippen LogP contribution in [0.15, 0.2) is 88.9 Å². The quantitative estimate of drug-likeness (QED) is 0.307. The molecule has 1 aliphatic heterocycles. The van der Waals surface area contributed by atoms with E-state index >= 15 is 0 Å². The van der Waals surface area contributed by atoms with Gasteiger partial charge in [0.15, 0.2) is 11.0 Å². The van der Waals surface area contributed by atoms with Gasteiger partial charge in [-0.15, -0.1) is 10.2 Å². The number of carbonyl (C=O) groups excluding carboxylic acids is 1. The number of aromatic nitrogens is 3. The summed E-state index contributed by atoms with van der Waals surface area (Å²) >= 11 is 1.24. The van der Waals surface area contributed by atoms with E-state index in [0.717, 1.165) is 18.5 Å². The van der Waals surface area contributed by atoms with Crippen LogP contribution < -0.4 is 10.1 Å². The smallest absolute Gasteiger partial charge is 0.243 e. The van der Waals surface area contributed by atoms with E-state index in [-0.39, 0.29) is 16.6 Å². The van der Waals surface area contributed by atoms with E-state index in [1.54, 1.807) is 49.6 Å². The van der Waals surface area contributed by atoms with Gasteiger partial charge in [-0.05, 0) is 49.2 Å². The second-order valence-electron chi connectivity index (χ2n) is 8.68. The maximum Gasteiger partial charge on any atom is 0.243 e. The zero-order chi connectivity index (χ0) is 26.5. The first-order valence-electron chi connectivity index (χ1n) is 12.1. The number of hydrogen-bond donors (Lipinski definition) is 1. The van der Waals surface area contributed by atoms with E-state index in [2.05, 4.69) is 15.5 Å². The fourth-order valence-corrected chi connectivity index (χ4v) is 6.58. The molecule has 0 atom stereocenters. The van der Waals surface area contributed by atoms with Crippen molar-refractivity contribution < 1.29 is 17.9 Å². The van der Waals surface area contributed by atoms with Crippen LogP contribution in [0.2, 0.25) is 0 Å². The van der Waals surface area contributed by atoms with Crippen molar-refractivity contribution >= 4 is 33.4 Å². The molecule has 38 heavy (non-hydrogen) atoms. The van der Waals surface area contributed by atoms with Gasteiger partial charge in [-0.2, -0.15) is 4.31 Å². The van der Waals surface area contributed by atoms with Gasteiger partial charge in [-0.25, -0.2) is 8.42 Å². The predicted octanol–water partition coefficient (Wildman–Crippen LogP) is 4.46. The van der Waals surface area contributed by atoms with E-state index in [9.17, 15) is 13.2 Å². The van der Waals surface area contributed by atoms with E-state index in [1.807, 2.05) is 41.0 Å². The summed E-state index contributed by atoms with van der Waals surface area (Å²) in [5, 5.41) is 12.1. The molecule has 5 rings (SSSR count).